The first kappa shape index (κ1) is 19.5. The Morgan fingerprint density at radius 3 is 2.56 bits per heavy atom. The molecule has 6 nitrogen and oxygen atoms in total. The van der Waals surface area contributed by atoms with Gasteiger partial charge < -0.3 is 9.64 Å². The van der Waals surface area contributed by atoms with E-state index in [-0.39, 0.29) is 17.5 Å². The molecule has 136 valence electrons. The van der Waals surface area contributed by atoms with E-state index < -0.39 is 28.3 Å². The molecule has 1 unspecified atom stereocenters. The molecule has 0 saturated carbocycles. The highest BCUT2D eigenvalue weighted by Gasteiger charge is 2.32. The van der Waals surface area contributed by atoms with Crippen LogP contribution >= 0.6 is 11.8 Å². The molecule has 1 atom stereocenters. The zero-order chi connectivity index (χ0) is 18.4. The molecule has 2 rings (SSSR count). The number of rotatable bonds is 6. The lowest BCUT2D eigenvalue weighted by Crippen LogP contribution is -2.40. The van der Waals surface area contributed by atoms with Gasteiger partial charge in [-0.25, -0.2) is 13.2 Å². The number of carbonyl (C=O) groups excluding carboxylic acids is 2. The van der Waals surface area contributed by atoms with E-state index in [4.69, 9.17) is 4.74 Å². The summed E-state index contributed by atoms with van der Waals surface area (Å²) in [5.41, 5.74) is 0.856. The first-order valence-corrected chi connectivity index (χ1v) is 10.8. The van der Waals surface area contributed by atoms with Crippen molar-refractivity contribution in [2.24, 2.45) is 0 Å². The molecular weight excluding hydrogens is 362 g/mol. The van der Waals surface area contributed by atoms with Gasteiger partial charge in [-0.05, 0) is 36.4 Å². The quantitative estimate of drug-likeness (QED) is 0.422. The van der Waals surface area contributed by atoms with Crippen molar-refractivity contribution >= 4 is 39.6 Å². The third-order valence-electron chi connectivity index (χ3n) is 4.02. The monoisotopic (exact) mass is 383 g/mol. The highest BCUT2D eigenvalue weighted by molar-refractivity contribution is 7.98. The van der Waals surface area contributed by atoms with E-state index >= 15 is 0 Å². The fraction of sp³-hybridized carbons (Fsp3) is 0.412. The maximum Gasteiger partial charge on any atom is 0.331 e. The summed E-state index contributed by atoms with van der Waals surface area (Å²) in [7, 11) is -1.53. The smallest absolute Gasteiger partial charge is 0.331 e. The highest BCUT2D eigenvalue weighted by atomic mass is 32.2. The van der Waals surface area contributed by atoms with Gasteiger partial charge in [0.25, 0.3) is 5.91 Å². The third kappa shape index (κ3) is 5.89. The van der Waals surface area contributed by atoms with E-state index in [2.05, 4.69) is 0 Å². The number of thioether (sulfide) groups is 1. The predicted octanol–water partition coefficient (Wildman–Crippen LogP) is 1.61. The van der Waals surface area contributed by atoms with Gasteiger partial charge in [-0.15, -0.1) is 11.8 Å². The molecule has 0 N–H and O–H groups in total. The van der Waals surface area contributed by atoms with Crippen molar-refractivity contribution in [1.82, 2.24) is 4.90 Å². The highest BCUT2D eigenvalue weighted by Crippen LogP contribution is 2.17. The van der Waals surface area contributed by atoms with Crippen LogP contribution in [0.2, 0.25) is 0 Å². The van der Waals surface area contributed by atoms with Crippen LogP contribution in [0.25, 0.3) is 6.08 Å². The van der Waals surface area contributed by atoms with E-state index in [9.17, 15) is 18.0 Å². The molecule has 1 saturated heterocycles. The number of amides is 1. The molecule has 1 heterocycles. The second kappa shape index (κ2) is 8.53. The molecule has 25 heavy (non-hydrogen) atoms. The van der Waals surface area contributed by atoms with Gasteiger partial charge in [-0.1, -0.05) is 12.1 Å². The lowest BCUT2D eigenvalue weighted by Gasteiger charge is -2.22. The normalized spacial score (nSPS) is 19.0. The van der Waals surface area contributed by atoms with E-state index in [1.807, 2.05) is 30.5 Å². The van der Waals surface area contributed by atoms with Crippen molar-refractivity contribution in [3.63, 3.8) is 0 Å². The fourth-order valence-electron chi connectivity index (χ4n) is 2.45. The molecule has 0 spiro atoms. The van der Waals surface area contributed by atoms with Crippen LogP contribution in [0, 0.1) is 0 Å². The maximum atomic E-state index is 12.0. The fourth-order valence-corrected chi connectivity index (χ4v) is 4.63. The standard InChI is InChI=1S/C17H21NO5S2/c1-18(14-9-10-25(21,22)12-14)16(19)11-23-17(20)8-5-13-3-6-15(24-2)7-4-13/h3-8,14H,9-12H2,1-2H3. The van der Waals surface area contributed by atoms with Crippen LogP contribution < -0.4 is 0 Å². The number of esters is 1. The van der Waals surface area contributed by atoms with Gasteiger partial charge in [0.2, 0.25) is 0 Å². The van der Waals surface area contributed by atoms with Crippen molar-refractivity contribution < 1.29 is 22.7 Å². The van der Waals surface area contributed by atoms with Gasteiger partial charge in [-0.2, -0.15) is 0 Å². The minimum atomic E-state index is -3.06. The van der Waals surface area contributed by atoms with Gasteiger partial charge in [0, 0.05) is 24.1 Å². The van der Waals surface area contributed by atoms with Gasteiger partial charge >= 0.3 is 5.97 Å². The zero-order valence-electron chi connectivity index (χ0n) is 14.2. The minimum Gasteiger partial charge on any atom is -0.452 e. The minimum absolute atomic E-state index is 0.0326. The molecular formula is C17H21NO5S2. The Balaban J connectivity index is 1.80. The lowest BCUT2D eigenvalue weighted by atomic mass is 10.2. The molecule has 1 aliphatic rings. The SMILES string of the molecule is CSc1ccc(C=CC(=O)OCC(=O)N(C)C2CCS(=O)(=O)C2)cc1. The summed E-state index contributed by atoms with van der Waals surface area (Å²) in [6.45, 7) is -0.401. The Morgan fingerprint density at radius 2 is 2.00 bits per heavy atom. The van der Waals surface area contributed by atoms with Crippen LogP contribution in [0.5, 0.6) is 0 Å². The van der Waals surface area contributed by atoms with Gasteiger partial charge in [-0.3, -0.25) is 4.79 Å². The number of benzene rings is 1. The van der Waals surface area contributed by atoms with Crippen LogP contribution in [0.1, 0.15) is 12.0 Å². The Kier molecular flexibility index (Phi) is 6.66. The van der Waals surface area contributed by atoms with E-state index in [1.165, 1.54) is 18.0 Å². The first-order valence-electron chi connectivity index (χ1n) is 7.76. The van der Waals surface area contributed by atoms with Crippen LogP contribution in [-0.4, -0.2) is 62.7 Å². The predicted molar refractivity (Wildman–Crippen MR) is 98.0 cm³/mol. The van der Waals surface area contributed by atoms with E-state index in [0.29, 0.717) is 6.42 Å². The summed E-state index contributed by atoms with van der Waals surface area (Å²) < 4.78 is 27.9. The van der Waals surface area contributed by atoms with Gasteiger partial charge in [0.15, 0.2) is 16.4 Å². The lowest BCUT2D eigenvalue weighted by molar-refractivity contribution is -0.148. The number of likely N-dealkylation sites (N-methyl/N-ethyl adjacent to an activating group) is 1. The number of hydrogen-bond acceptors (Lipinski definition) is 6. The second-order valence-corrected chi connectivity index (χ2v) is 8.88. The summed E-state index contributed by atoms with van der Waals surface area (Å²) in [5.74, 6) is -0.967. The topological polar surface area (TPSA) is 80.8 Å². The number of nitrogens with zero attached hydrogens (tertiary/aromatic N) is 1. The summed E-state index contributed by atoms with van der Waals surface area (Å²) in [4.78, 5) is 26.2. The number of ether oxygens (including phenoxy) is 1. The molecule has 1 aliphatic heterocycles. The van der Waals surface area contributed by atoms with Crippen molar-refractivity contribution in [3.8, 4) is 0 Å². The Labute approximate surface area is 152 Å². The third-order valence-corrected chi connectivity index (χ3v) is 6.51. The summed E-state index contributed by atoms with van der Waals surface area (Å²) in [6, 6.07) is 7.32. The molecule has 1 aromatic carbocycles. The zero-order valence-corrected chi connectivity index (χ0v) is 15.8. The second-order valence-electron chi connectivity index (χ2n) is 5.78. The Morgan fingerprint density at radius 1 is 1.32 bits per heavy atom. The van der Waals surface area contributed by atoms with E-state index in [1.54, 1.807) is 17.8 Å². The van der Waals surface area contributed by atoms with Gasteiger partial charge in [0.1, 0.15) is 0 Å². The van der Waals surface area contributed by atoms with E-state index in [0.717, 1.165) is 10.5 Å². The molecule has 0 radical (unpaired) electrons. The molecule has 1 aromatic rings. The molecule has 1 fully saturated rings. The Hall–Kier alpha value is -1.80. The number of carbonyl (C=O) groups is 2. The maximum absolute atomic E-state index is 12.0. The van der Waals surface area contributed by atoms with Crippen LogP contribution in [0.4, 0.5) is 0 Å². The van der Waals surface area contributed by atoms with Crippen molar-refractivity contribution in [3.05, 3.63) is 35.9 Å². The largest absolute Gasteiger partial charge is 0.452 e. The van der Waals surface area contributed by atoms with Crippen molar-refractivity contribution in [2.75, 3.05) is 31.4 Å². The van der Waals surface area contributed by atoms with Crippen molar-refractivity contribution in [2.45, 2.75) is 17.4 Å². The Bertz CT molecular complexity index is 756. The molecule has 1 amide bonds. The molecule has 0 aromatic heterocycles. The summed E-state index contributed by atoms with van der Waals surface area (Å²) in [5, 5.41) is 0. The van der Waals surface area contributed by atoms with Crippen LogP contribution in [-0.2, 0) is 24.2 Å². The average Bonchev–Trinajstić information content (AvgIpc) is 2.97. The summed E-state index contributed by atoms with van der Waals surface area (Å²) in [6.07, 6.45) is 5.28. The molecule has 0 bridgehead atoms. The van der Waals surface area contributed by atoms with Crippen LogP contribution in [0.15, 0.2) is 35.2 Å². The average molecular weight is 383 g/mol. The number of sulfone groups is 1. The number of hydrogen-bond donors (Lipinski definition) is 0. The van der Waals surface area contributed by atoms with Crippen molar-refractivity contribution in [1.29, 1.82) is 0 Å². The molecule has 8 heteroatoms. The first-order chi connectivity index (χ1) is 11.8. The molecule has 0 aliphatic carbocycles. The van der Waals surface area contributed by atoms with Crippen LogP contribution in [0.3, 0.4) is 0 Å². The summed E-state index contributed by atoms with van der Waals surface area (Å²) >= 11 is 1.63. The van der Waals surface area contributed by atoms with Gasteiger partial charge in [0.05, 0.1) is 11.5 Å².